The maximum absolute atomic E-state index is 10.9. The monoisotopic (exact) mass is 168 g/mol. The van der Waals surface area contributed by atoms with E-state index >= 15 is 0 Å². The Morgan fingerprint density at radius 2 is 2.17 bits per heavy atom. The fraction of sp³-hybridized carbons (Fsp3) is 0.250. The van der Waals surface area contributed by atoms with E-state index in [4.69, 9.17) is 10.2 Å². The molecule has 0 aromatic rings. The molecule has 2 N–H and O–H groups in total. The van der Waals surface area contributed by atoms with Gasteiger partial charge in [0.1, 0.15) is 0 Å². The second-order valence-corrected chi connectivity index (χ2v) is 2.66. The number of hydrogen-bond donors (Lipinski definition) is 2. The summed E-state index contributed by atoms with van der Waals surface area (Å²) in [5, 5.41) is 17.6. The summed E-state index contributed by atoms with van der Waals surface area (Å²) < 4.78 is 0. The molecule has 0 amide bonds. The third-order valence-corrected chi connectivity index (χ3v) is 1.61. The molecule has 0 fully saturated rings. The van der Waals surface area contributed by atoms with E-state index in [0.717, 1.165) is 0 Å². The zero-order valence-corrected chi connectivity index (χ0v) is 6.50. The summed E-state index contributed by atoms with van der Waals surface area (Å²) in [6.07, 6.45) is 1.37. The van der Waals surface area contributed by atoms with Crippen molar-refractivity contribution in [1.29, 1.82) is 0 Å². The smallest absolute Gasteiger partial charge is 0.335 e. The van der Waals surface area contributed by atoms with Gasteiger partial charge >= 0.3 is 5.97 Å². The molecule has 64 valence electrons. The van der Waals surface area contributed by atoms with Crippen molar-refractivity contribution >= 4 is 11.8 Å². The fourth-order valence-electron chi connectivity index (χ4n) is 1.03. The Morgan fingerprint density at radius 1 is 1.58 bits per heavy atom. The molecule has 0 aliphatic heterocycles. The highest BCUT2D eigenvalue weighted by Crippen LogP contribution is 2.20. The normalized spacial score (nSPS) is 17.8. The van der Waals surface area contributed by atoms with Crippen molar-refractivity contribution in [2.24, 2.45) is 0 Å². The molecule has 1 aliphatic rings. The van der Waals surface area contributed by atoms with Crippen molar-refractivity contribution in [3.63, 3.8) is 0 Å². The molecule has 0 atom stereocenters. The van der Waals surface area contributed by atoms with Crippen LogP contribution in [0.25, 0.3) is 0 Å². The number of rotatable bonds is 1. The van der Waals surface area contributed by atoms with Gasteiger partial charge in [0.05, 0.1) is 5.57 Å². The second-order valence-electron chi connectivity index (χ2n) is 2.66. The van der Waals surface area contributed by atoms with Gasteiger partial charge in [-0.3, -0.25) is 4.79 Å². The minimum atomic E-state index is -1.24. The van der Waals surface area contributed by atoms with E-state index in [9.17, 15) is 9.59 Å². The van der Waals surface area contributed by atoms with Gasteiger partial charge in [-0.15, -0.1) is 0 Å². The lowest BCUT2D eigenvalue weighted by molar-refractivity contribution is -0.133. The van der Waals surface area contributed by atoms with E-state index in [1.54, 1.807) is 6.92 Å². The Morgan fingerprint density at radius 3 is 2.67 bits per heavy atom. The summed E-state index contributed by atoms with van der Waals surface area (Å²) >= 11 is 0. The molecule has 12 heavy (non-hydrogen) atoms. The van der Waals surface area contributed by atoms with Crippen LogP contribution in [0.3, 0.4) is 0 Å². The maximum Gasteiger partial charge on any atom is 0.335 e. The van der Waals surface area contributed by atoms with Crippen LogP contribution < -0.4 is 0 Å². The lowest BCUT2D eigenvalue weighted by Gasteiger charge is -2.09. The average molecular weight is 168 g/mol. The van der Waals surface area contributed by atoms with E-state index < -0.39 is 17.5 Å². The van der Waals surface area contributed by atoms with E-state index in [-0.39, 0.29) is 12.0 Å². The van der Waals surface area contributed by atoms with Gasteiger partial charge in [-0.1, -0.05) is 5.57 Å². The number of ketones is 1. The minimum Gasteiger partial charge on any atom is -0.504 e. The second kappa shape index (κ2) is 2.81. The van der Waals surface area contributed by atoms with Crippen LogP contribution in [0.1, 0.15) is 13.3 Å². The Bertz CT molecular complexity index is 309. The third-order valence-electron chi connectivity index (χ3n) is 1.61. The highest BCUT2D eigenvalue weighted by atomic mass is 16.4. The molecule has 0 aromatic heterocycles. The standard InChI is InChI=1S/C8H8O4/c1-4-2-5(8(11)12)7(10)6(9)3-4/h3,10H,2H2,1H3,(H,11,12). The van der Waals surface area contributed by atoms with E-state index in [0.29, 0.717) is 5.57 Å². The summed E-state index contributed by atoms with van der Waals surface area (Å²) in [6, 6.07) is 0. The first-order valence-electron chi connectivity index (χ1n) is 3.39. The maximum atomic E-state index is 10.9. The Balaban J connectivity index is 3.07. The van der Waals surface area contributed by atoms with Crippen LogP contribution in [0.2, 0.25) is 0 Å². The Kier molecular flexibility index (Phi) is 1.99. The number of carbonyl (C=O) groups is 2. The summed E-state index contributed by atoms with van der Waals surface area (Å²) in [4.78, 5) is 21.3. The number of aliphatic hydroxyl groups excluding tert-OH is 1. The molecule has 1 aliphatic carbocycles. The molecule has 0 saturated heterocycles. The molecular formula is C8H8O4. The molecule has 0 aromatic carbocycles. The van der Waals surface area contributed by atoms with Gasteiger partial charge in [0.15, 0.2) is 5.76 Å². The predicted molar refractivity (Wildman–Crippen MR) is 40.7 cm³/mol. The molecule has 0 saturated carbocycles. The number of carbonyl (C=O) groups excluding carboxylic acids is 1. The molecule has 0 spiro atoms. The average Bonchev–Trinajstić information content (AvgIpc) is 1.96. The topological polar surface area (TPSA) is 74.6 Å². The Hall–Kier alpha value is -1.58. The lowest BCUT2D eigenvalue weighted by Crippen LogP contribution is -2.14. The van der Waals surface area contributed by atoms with Gasteiger partial charge in [0, 0.05) is 6.42 Å². The highest BCUT2D eigenvalue weighted by molar-refractivity contribution is 6.09. The van der Waals surface area contributed by atoms with Gasteiger partial charge in [-0.05, 0) is 13.0 Å². The summed E-state index contributed by atoms with van der Waals surface area (Å²) in [6.45, 7) is 1.65. The van der Waals surface area contributed by atoms with Crippen LogP contribution in [0.15, 0.2) is 23.0 Å². The Labute approximate surface area is 68.8 Å². The van der Waals surface area contributed by atoms with Crippen molar-refractivity contribution in [2.75, 3.05) is 0 Å². The number of carboxylic acid groups (broad SMARTS) is 1. The minimum absolute atomic E-state index is 0.132. The number of hydrogen-bond acceptors (Lipinski definition) is 3. The van der Waals surface area contributed by atoms with Crippen LogP contribution in [0.5, 0.6) is 0 Å². The molecule has 0 unspecified atom stereocenters. The van der Waals surface area contributed by atoms with Gasteiger partial charge in [0.25, 0.3) is 0 Å². The van der Waals surface area contributed by atoms with Crippen molar-refractivity contribution in [2.45, 2.75) is 13.3 Å². The first kappa shape index (κ1) is 8.52. The van der Waals surface area contributed by atoms with Gasteiger partial charge < -0.3 is 10.2 Å². The van der Waals surface area contributed by atoms with Crippen molar-refractivity contribution in [3.8, 4) is 0 Å². The van der Waals surface area contributed by atoms with Crippen LogP contribution in [-0.4, -0.2) is 22.0 Å². The van der Waals surface area contributed by atoms with Crippen molar-refractivity contribution in [1.82, 2.24) is 0 Å². The molecule has 1 rings (SSSR count). The van der Waals surface area contributed by atoms with Crippen molar-refractivity contribution < 1.29 is 19.8 Å². The van der Waals surface area contributed by atoms with E-state index in [1.165, 1.54) is 6.08 Å². The van der Waals surface area contributed by atoms with Crippen molar-refractivity contribution in [3.05, 3.63) is 23.0 Å². The molecular weight excluding hydrogens is 160 g/mol. The number of aliphatic hydroxyl groups is 1. The van der Waals surface area contributed by atoms with Crippen LogP contribution in [0, 0.1) is 0 Å². The number of aliphatic carboxylic acids is 1. The zero-order valence-electron chi connectivity index (χ0n) is 6.50. The molecule has 0 heterocycles. The van der Waals surface area contributed by atoms with Crippen LogP contribution in [0.4, 0.5) is 0 Å². The predicted octanol–water partition coefficient (Wildman–Crippen LogP) is 0.802. The summed E-state index contributed by atoms with van der Waals surface area (Å²) in [7, 11) is 0. The largest absolute Gasteiger partial charge is 0.504 e. The zero-order chi connectivity index (χ0) is 9.30. The van der Waals surface area contributed by atoms with E-state index in [2.05, 4.69) is 0 Å². The van der Waals surface area contributed by atoms with Gasteiger partial charge in [-0.25, -0.2) is 4.79 Å². The fourth-order valence-corrected chi connectivity index (χ4v) is 1.03. The van der Waals surface area contributed by atoms with E-state index in [1.807, 2.05) is 0 Å². The molecule has 0 radical (unpaired) electrons. The third kappa shape index (κ3) is 1.37. The number of allylic oxidation sites excluding steroid dienone is 2. The SMILES string of the molecule is CC1=CC(=O)C(O)=C(C(=O)O)C1. The lowest BCUT2D eigenvalue weighted by atomic mass is 9.97. The first-order chi connectivity index (χ1) is 5.52. The van der Waals surface area contributed by atoms with Gasteiger partial charge in [-0.2, -0.15) is 0 Å². The summed E-state index contributed by atoms with van der Waals surface area (Å²) in [5.41, 5.74) is 0.426. The van der Waals surface area contributed by atoms with Gasteiger partial charge in [0.2, 0.25) is 5.78 Å². The quantitative estimate of drug-likeness (QED) is 0.607. The summed E-state index contributed by atoms with van der Waals surface area (Å²) in [5.74, 6) is -2.52. The highest BCUT2D eigenvalue weighted by Gasteiger charge is 2.23. The van der Waals surface area contributed by atoms with Crippen LogP contribution >= 0.6 is 0 Å². The molecule has 4 heteroatoms. The number of carboxylic acids is 1. The van der Waals surface area contributed by atoms with Crippen LogP contribution in [-0.2, 0) is 9.59 Å². The molecule has 0 bridgehead atoms. The first-order valence-corrected chi connectivity index (χ1v) is 3.39. The molecule has 4 nitrogen and oxygen atoms in total.